The number of carbonyl (C=O) groups is 3. The van der Waals surface area contributed by atoms with E-state index in [2.05, 4.69) is 31.9 Å². The lowest BCUT2D eigenvalue weighted by Crippen LogP contribution is -2.40. The minimum atomic E-state index is -1.17. The Labute approximate surface area is 158 Å². The monoisotopic (exact) mass is 417 g/mol. The number of carbonyl (C=O) groups excluding carboxylic acids is 3. The fourth-order valence-corrected chi connectivity index (χ4v) is 2.80. The molecule has 0 unspecified atom stereocenters. The molecule has 26 heavy (non-hydrogen) atoms. The molecule has 0 bridgehead atoms. The van der Waals surface area contributed by atoms with Gasteiger partial charge in [0.15, 0.2) is 6.61 Å². The van der Waals surface area contributed by atoms with Crippen molar-refractivity contribution in [3.63, 3.8) is 0 Å². The molecule has 0 radical (unpaired) electrons. The first-order valence-corrected chi connectivity index (χ1v) is 8.58. The van der Waals surface area contributed by atoms with Crippen LogP contribution in [0.1, 0.15) is 12.5 Å². The van der Waals surface area contributed by atoms with E-state index in [1.165, 1.54) is 0 Å². The number of urea groups is 1. The number of nitrogens with one attached hydrogen (secondary N) is 3. The summed E-state index contributed by atoms with van der Waals surface area (Å²) < 4.78 is 6.34. The molecule has 1 aliphatic heterocycles. The maximum Gasteiger partial charge on any atom is 0.322 e. The molecule has 1 saturated heterocycles. The second-order valence-electron chi connectivity index (χ2n) is 5.90. The molecule has 1 atom stereocenters. The van der Waals surface area contributed by atoms with E-state index in [1.54, 1.807) is 43.3 Å². The first kappa shape index (κ1) is 17.9. The fourth-order valence-electron chi connectivity index (χ4n) is 2.53. The molecule has 3 rings (SSSR count). The maximum absolute atomic E-state index is 12.1. The Bertz CT molecular complexity index is 869. The van der Waals surface area contributed by atoms with Gasteiger partial charge in [0, 0.05) is 10.2 Å². The van der Waals surface area contributed by atoms with E-state index < -0.39 is 17.5 Å². The lowest BCUT2D eigenvalue weighted by molar-refractivity contribution is -0.123. The van der Waals surface area contributed by atoms with Gasteiger partial charge in [0.2, 0.25) is 0 Å². The van der Waals surface area contributed by atoms with E-state index in [-0.39, 0.29) is 12.5 Å². The van der Waals surface area contributed by atoms with Gasteiger partial charge in [0.1, 0.15) is 11.3 Å². The van der Waals surface area contributed by atoms with E-state index in [1.807, 2.05) is 12.1 Å². The van der Waals surface area contributed by atoms with Crippen LogP contribution >= 0.6 is 15.9 Å². The Morgan fingerprint density at radius 3 is 2.58 bits per heavy atom. The van der Waals surface area contributed by atoms with Gasteiger partial charge in [-0.2, -0.15) is 0 Å². The number of hydrogen-bond donors (Lipinski definition) is 3. The molecule has 1 fully saturated rings. The second-order valence-corrected chi connectivity index (χ2v) is 6.82. The summed E-state index contributed by atoms with van der Waals surface area (Å²) in [5, 5.41) is 7.51. The number of hydrogen-bond acceptors (Lipinski definition) is 4. The summed E-state index contributed by atoms with van der Waals surface area (Å²) in [7, 11) is 0. The van der Waals surface area contributed by atoms with Crippen molar-refractivity contribution in [2.24, 2.45) is 0 Å². The third kappa shape index (κ3) is 3.85. The van der Waals surface area contributed by atoms with Crippen LogP contribution in [0, 0.1) is 0 Å². The highest BCUT2D eigenvalue weighted by molar-refractivity contribution is 9.10. The largest absolute Gasteiger partial charge is 0.484 e. The van der Waals surface area contributed by atoms with Crippen LogP contribution in [0.2, 0.25) is 0 Å². The number of amides is 4. The van der Waals surface area contributed by atoms with E-state index in [0.717, 1.165) is 4.47 Å². The summed E-state index contributed by atoms with van der Waals surface area (Å²) >= 11 is 3.33. The van der Waals surface area contributed by atoms with E-state index >= 15 is 0 Å². The average molecular weight is 418 g/mol. The SMILES string of the molecule is C[C@@]1(c2cccc(NC(=O)COc3ccc(Br)cc3)c2)NC(=O)NC1=O. The van der Waals surface area contributed by atoms with Crippen molar-refractivity contribution in [1.29, 1.82) is 0 Å². The van der Waals surface area contributed by atoms with Gasteiger partial charge in [-0.1, -0.05) is 28.1 Å². The normalized spacial score (nSPS) is 18.8. The Hall–Kier alpha value is -2.87. The molecule has 0 spiro atoms. The molecule has 2 aromatic rings. The summed E-state index contributed by atoms with van der Waals surface area (Å²) in [5.74, 6) is -0.199. The molecular weight excluding hydrogens is 402 g/mol. The van der Waals surface area contributed by atoms with Gasteiger partial charge in [-0.3, -0.25) is 14.9 Å². The molecule has 0 aromatic heterocycles. The lowest BCUT2D eigenvalue weighted by atomic mass is 9.92. The van der Waals surface area contributed by atoms with Gasteiger partial charge in [-0.15, -0.1) is 0 Å². The van der Waals surface area contributed by atoms with E-state index in [9.17, 15) is 14.4 Å². The molecule has 7 nitrogen and oxygen atoms in total. The zero-order valence-corrected chi connectivity index (χ0v) is 15.4. The van der Waals surface area contributed by atoms with Crippen LogP contribution in [-0.2, 0) is 15.1 Å². The highest BCUT2D eigenvalue weighted by atomic mass is 79.9. The maximum atomic E-state index is 12.1. The second kappa shape index (κ2) is 7.17. The van der Waals surface area contributed by atoms with Gasteiger partial charge in [-0.25, -0.2) is 4.79 Å². The van der Waals surface area contributed by atoms with E-state index in [0.29, 0.717) is 17.0 Å². The van der Waals surface area contributed by atoms with Crippen molar-refractivity contribution in [3.05, 3.63) is 58.6 Å². The molecule has 3 N–H and O–H groups in total. The van der Waals surface area contributed by atoms with Gasteiger partial charge in [0.05, 0.1) is 0 Å². The highest BCUT2D eigenvalue weighted by Gasteiger charge is 2.43. The fraction of sp³-hybridized carbons (Fsp3) is 0.167. The number of imide groups is 1. The van der Waals surface area contributed by atoms with Crippen LogP contribution in [0.15, 0.2) is 53.0 Å². The van der Waals surface area contributed by atoms with Gasteiger partial charge >= 0.3 is 6.03 Å². The molecule has 4 amide bonds. The smallest absolute Gasteiger partial charge is 0.322 e. The topological polar surface area (TPSA) is 96.5 Å². The van der Waals surface area contributed by atoms with Crippen LogP contribution in [0.4, 0.5) is 10.5 Å². The predicted molar refractivity (Wildman–Crippen MR) is 98.7 cm³/mol. The zero-order chi connectivity index (χ0) is 18.7. The molecular formula is C18H16BrN3O4. The first-order valence-electron chi connectivity index (χ1n) is 7.79. The molecule has 1 heterocycles. The minimum Gasteiger partial charge on any atom is -0.484 e. The summed E-state index contributed by atoms with van der Waals surface area (Å²) in [5.41, 5.74) is -0.110. The predicted octanol–water partition coefficient (Wildman–Crippen LogP) is 2.52. The summed E-state index contributed by atoms with van der Waals surface area (Å²) in [6.07, 6.45) is 0. The van der Waals surface area contributed by atoms with Crippen molar-refractivity contribution in [3.8, 4) is 5.75 Å². The molecule has 0 aliphatic carbocycles. The Morgan fingerprint density at radius 1 is 1.19 bits per heavy atom. The first-order chi connectivity index (χ1) is 12.4. The van der Waals surface area contributed by atoms with Gasteiger partial charge < -0.3 is 15.4 Å². The molecule has 134 valence electrons. The van der Waals surface area contributed by atoms with Crippen LogP contribution in [0.5, 0.6) is 5.75 Å². The highest BCUT2D eigenvalue weighted by Crippen LogP contribution is 2.26. The Morgan fingerprint density at radius 2 is 1.92 bits per heavy atom. The van der Waals surface area contributed by atoms with Crippen molar-refractivity contribution >= 4 is 39.5 Å². The van der Waals surface area contributed by atoms with Gasteiger partial charge in [0.25, 0.3) is 11.8 Å². The third-order valence-electron chi connectivity index (χ3n) is 3.95. The van der Waals surface area contributed by atoms with Crippen molar-refractivity contribution in [2.75, 3.05) is 11.9 Å². The number of anilines is 1. The van der Waals surface area contributed by atoms with Gasteiger partial charge in [-0.05, 0) is 48.9 Å². The molecule has 1 aliphatic rings. The zero-order valence-electron chi connectivity index (χ0n) is 13.8. The molecule has 2 aromatic carbocycles. The minimum absolute atomic E-state index is 0.152. The Balaban J connectivity index is 1.65. The number of ether oxygens (including phenoxy) is 1. The summed E-state index contributed by atoms with van der Waals surface area (Å²) in [6.45, 7) is 1.45. The van der Waals surface area contributed by atoms with Crippen LogP contribution in [0.3, 0.4) is 0 Å². The number of benzene rings is 2. The summed E-state index contributed by atoms with van der Waals surface area (Å²) in [6, 6.07) is 13.3. The number of rotatable bonds is 5. The number of halogens is 1. The van der Waals surface area contributed by atoms with Crippen molar-refractivity contribution in [2.45, 2.75) is 12.5 Å². The quantitative estimate of drug-likeness (QED) is 0.651. The third-order valence-corrected chi connectivity index (χ3v) is 4.48. The van der Waals surface area contributed by atoms with E-state index in [4.69, 9.17) is 4.74 Å². The molecule has 8 heteroatoms. The van der Waals surface area contributed by atoms with Crippen molar-refractivity contribution < 1.29 is 19.1 Å². The lowest BCUT2D eigenvalue weighted by Gasteiger charge is -2.21. The Kier molecular flexibility index (Phi) is 4.94. The van der Waals surface area contributed by atoms with Crippen molar-refractivity contribution in [1.82, 2.24) is 10.6 Å². The standard InChI is InChI=1S/C18H16BrN3O4/c1-18(16(24)21-17(25)22-18)11-3-2-4-13(9-11)20-15(23)10-26-14-7-5-12(19)6-8-14/h2-9H,10H2,1H3,(H,20,23)(H2,21,22,24,25)/t18-/m0/s1. The average Bonchev–Trinajstić information content (AvgIpc) is 2.88. The van der Waals surface area contributed by atoms with Crippen LogP contribution in [-0.4, -0.2) is 24.5 Å². The molecule has 0 saturated carbocycles. The van der Waals surface area contributed by atoms with Crippen LogP contribution < -0.4 is 20.7 Å². The summed E-state index contributed by atoms with van der Waals surface area (Å²) in [4.78, 5) is 35.5. The van der Waals surface area contributed by atoms with Crippen LogP contribution in [0.25, 0.3) is 0 Å².